The van der Waals surface area contributed by atoms with Crippen molar-refractivity contribution in [3.63, 3.8) is 0 Å². The van der Waals surface area contributed by atoms with E-state index >= 15 is 0 Å². The Morgan fingerprint density at radius 2 is 1.85 bits per heavy atom. The first-order valence-corrected chi connectivity index (χ1v) is 11.5. The molecule has 0 saturated carbocycles. The van der Waals surface area contributed by atoms with Crippen LogP contribution in [0.2, 0.25) is 0 Å². The molecule has 5 rings (SSSR count). The lowest BCUT2D eigenvalue weighted by Crippen LogP contribution is -2.31. The number of nitrogens with zero attached hydrogens (tertiary/aromatic N) is 4. The van der Waals surface area contributed by atoms with Crippen LogP contribution in [0.3, 0.4) is 0 Å². The first kappa shape index (κ1) is 21.2. The predicted molar refractivity (Wildman–Crippen MR) is 128 cm³/mol. The number of hydrogen-bond donors (Lipinski definition) is 0. The van der Waals surface area contributed by atoms with E-state index in [-0.39, 0.29) is 11.9 Å². The van der Waals surface area contributed by atoms with E-state index in [1.165, 1.54) is 5.56 Å². The van der Waals surface area contributed by atoms with Crippen LogP contribution in [0.1, 0.15) is 42.1 Å². The molecule has 168 valence electrons. The van der Waals surface area contributed by atoms with Gasteiger partial charge in [-0.3, -0.25) is 14.5 Å². The Morgan fingerprint density at radius 3 is 2.64 bits per heavy atom. The lowest BCUT2D eigenvalue weighted by Gasteiger charge is -2.24. The van der Waals surface area contributed by atoms with E-state index in [9.17, 15) is 4.79 Å². The SMILES string of the molecule is COc1ccc(Cc2ccc([C@@H]3CCCN3C(=O)CCn3ncc4ccccc43)nc2)cc1. The smallest absolute Gasteiger partial charge is 0.225 e. The highest BCUT2D eigenvalue weighted by Gasteiger charge is 2.30. The molecule has 2 aromatic carbocycles. The summed E-state index contributed by atoms with van der Waals surface area (Å²) >= 11 is 0. The van der Waals surface area contributed by atoms with Gasteiger partial charge in [0.25, 0.3) is 0 Å². The molecule has 1 atom stereocenters. The number of carbonyl (C=O) groups is 1. The summed E-state index contributed by atoms with van der Waals surface area (Å²) in [4.78, 5) is 19.8. The van der Waals surface area contributed by atoms with Crippen molar-refractivity contribution in [2.45, 2.75) is 38.3 Å². The number of pyridine rings is 1. The second-order valence-electron chi connectivity index (χ2n) is 8.54. The van der Waals surface area contributed by atoms with Crippen LogP contribution in [-0.4, -0.2) is 39.2 Å². The van der Waals surface area contributed by atoms with Gasteiger partial charge in [-0.05, 0) is 54.7 Å². The van der Waals surface area contributed by atoms with Crippen molar-refractivity contribution in [3.05, 3.63) is 89.9 Å². The first-order valence-electron chi connectivity index (χ1n) is 11.5. The Bertz CT molecular complexity index is 1230. The monoisotopic (exact) mass is 440 g/mol. The van der Waals surface area contributed by atoms with Crippen LogP contribution in [-0.2, 0) is 17.8 Å². The highest BCUT2D eigenvalue weighted by Crippen LogP contribution is 2.31. The standard InChI is InChI=1S/C27H28N4O2/c1-33-23-11-8-20(9-12-23)17-21-10-13-24(28-18-21)26-7-4-15-30(26)27(32)14-16-31-25-6-3-2-5-22(25)19-29-31/h2-3,5-6,8-13,18-19,26H,4,7,14-17H2,1H3/t26-/m0/s1. The van der Waals surface area contributed by atoms with Gasteiger partial charge in [0.15, 0.2) is 0 Å². The zero-order valence-corrected chi connectivity index (χ0v) is 18.9. The van der Waals surface area contributed by atoms with Crippen LogP contribution in [0.5, 0.6) is 5.75 Å². The number of benzene rings is 2. The van der Waals surface area contributed by atoms with Gasteiger partial charge in [-0.15, -0.1) is 0 Å². The molecule has 0 N–H and O–H groups in total. The summed E-state index contributed by atoms with van der Waals surface area (Å²) in [7, 11) is 1.67. The zero-order valence-electron chi connectivity index (χ0n) is 18.9. The number of rotatable bonds is 7. The van der Waals surface area contributed by atoms with E-state index < -0.39 is 0 Å². The molecule has 1 fully saturated rings. The Hall–Kier alpha value is -3.67. The number of likely N-dealkylation sites (tertiary alicyclic amines) is 1. The van der Waals surface area contributed by atoms with Crippen molar-refractivity contribution in [3.8, 4) is 5.75 Å². The fraction of sp³-hybridized carbons (Fsp3) is 0.296. The molecule has 6 nitrogen and oxygen atoms in total. The van der Waals surface area contributed by atoms with Crippen molar-refractivity contribution < 1.29 is 9.53 Å². The Labute approximate surface area is 193 Å². The number of methoxy groups -OCH3 is 1. The Kier molecular flexibility index (Phi) is 6.07. The molecule has 1 saturated heterocycles. The van der Waals surface area contributed by atoms with Gasteiger partial charge in [0.2, 0.25) is 5.91 Å². The van der Waals surface area contributed by atoms with E-state index in [0.29, 0.717) is 13.0 Å². The second-order valence-corrected chi connectivity index (χ2v) is 8.54. The average Bonchev–Trinajstić information content (AvgIpc) is 3.51. The van der Waals surface area contributed by atoms with Gasteiger partial charge in [-0.1, -0.05) is 36.4 Å². The maximum atomic E-state index is 13.1. The second kappa shape index (κ2) is 9.45. The molecule has 4 aromatic rings. The largest absolute Gasteiger partial charge is 0.497 e. The molecule has 3 heterocycles. The van der Waals surface area contributed by atoms with E-state index in [1.54, 1.807) is 7.11 Å². The van der Waals surface area contributed by atoms with Crippen molar-refractivity contribution in [2.24, 2.45) is 0 Å². The maximum absolute atomic E-state index is 13.1. The minimum Gasteiger partial charge on any atom is -0.497 e. The van der Waals surface area contributed by atoms with Crippen LogP contribution in [0.15, 0.2) is 73.1 Å². The lowest BCUT2D eigenvalue weighted by atomic mass is 10.0. The first-order chi connectivity index (χ1) is 16.2. The van der Waals surface area contributed by atoms with E-state index in [0.717, 1.165) is 53.7 Å². The Morgan fingerprint density at radius 1 is 1.03 bits per heavy atom. The normalized spacial score (nSPS) is 15.8. The van der Waals surface area contributed by atoms with Crippen LogP contribution >= 0.6 is 0 Å². The number of carbonyl (C=O) groups excluding carboxylic acids is 1. The molecular weight excluding hydrogens is 412 g/mol. The fourth-order valence-corrected chi connectivity index (χ4v) is 4.64. The predicted octanol–water partition coefficient (Wildman–Crippen LogP) is 4.78. The Balaban J connectivity index is 1.22. The number of ether oxygens (including phenoxy) is 1. The van der Waals surface area contributed by atoms with Crippen LogP contribution < -0.4 is 4.74 Å². The molecule has 6 heteroatoms. The van der Waals surface area contributed by atoms with E-state index in [2.05, 4.69) is 29.4 Å². The zero-order chi connectivity index (χ0) is 22.6. The average molecular weight is 441 g/mol. The number of aromatic nitrogens is 3. The molecule has 2 aromatic heterocycles. The van der Waals surface area contributed by atoms with Crippen LogP contribution in [0.25, 0.3) is 10.9 Å². The molecule has 0 spiro atoms. The van der Waals surface area contributed by atoms with Crippen molar-refractivity contribution in [1.29, 1.82) is 0 Å². The summed E-state index contributed by atoms with van der Waals surface area (Å²) in [5.74, 6) is 1.03. The summed E-state index contributed by atoms with van der Waals surface area (Å²) in [6, 6.07) is 20.5. The number of aryl methyl sites for hydroxylation is 1. The van der Waals surface area contributed by atoms with Gasteiger partial charge in [-0.25, -0.2) is 0 Å². The third kappa shape index (κ3) is 4.60. The highest BCUT2D eigenvalue weighted by atomic mass is 16.5. The van der Waals surface area contributed by atoms with Gasteiger partial charge < -0.3 is 9.64 Å². The summed E-state index contributed by atoms with van der Waals surface area (Å²) in [5.41, 5.74) is 4.42. The third-order valence-corrected chi connectivity index (χ3v) is 6.42. The summed E-state index contributed by atoms with van der Waals surface area (Å²) in [6.45, 7) is 1.38. The molecule has 1 aliphatic rings. The summed E-state index contributed by atoms with van der Waals surface area (Å²) in [6.07, 6.45) is 7.03. The number of amides is 1. The molecule has 1 amide bonds. The fourth-order valence-electron chi connectivity index (χ4n) is 4.64. The summed E-state index contributed by atoms with van der Waals surface area (Å²) < 4.78 is 7.15. The quantitative estimate of drug-likeness (QED) is 0.415. The van der Waals surface area contributed by atoms with Crippen molar-refractivity contribution in [1.82, 2.24) is 19.7 Å². The van der Waals surface area contributed by atoms with Gasteiger partial charge in [0.1, 0.15) is 5.75 Å². The van der Waals surface area contributed by atoms with E-state index in [4.69, 9.17) is 9.72 Å². The maximum Gasteiger partial charge on any atom is 0.225 e. The number of para-hydroxylation sites is 1. The van der Waals surface area contributed by atoms with Crippen LogP contribution in [0.4, 0.5) is 0 Å². The van der Waals surface area contributed by atoms with Gasteiger partial charge in [0, 0.05) is 24.5 Å². The van der Waals surface area contributed by atoms with Gasteiger partial charge in [-0.2, -0.15) is 5.10 Å². The minimum absolute atomic E-state index is 0.0573. The molecule has 1 aliphatic heterocycles. The highest BCUT2D eigenvalue weighted by molar-refractivity contribution is 5.79. The van der Waals surface area contributed by atoms with Crippen LogP contribution in [0, 0.1) is 0 Å². The number of hydrogen-bond acceptors (Lipinski definition) is 4. The molecule has 0 aliphatic carbocycles. The van der Waals surface area contributed by atoms with Gasteiger partial charge in [0.05, 0.1) is 37.1 Å². The molecule has 0 bridgehead atoms. The molecule has 33 heavy (non-hydrogen) atoms. The molecule has 0 unspecified atom stereocenters. The minimum atomic E-state index is 0.0573. The topological polar surface area (TPSA) is 60.2 Å². The van der Waals surface area contributed by atoms with Gasteiger partial charge >= 0.3 is 0 Å². The lowest BCUT2D eigenvalue weighted by molar-refractivity contribution is -0.132. The molecule has 0 radical (unpaired) electrons. The summed E-state index contributed by atoms with van der Waals surface area (Å²) in [5, 5.41) is 5.55. The third-order valence-electron chi connectivity index (χ3n) is 6.42. The van der Waals surface area contributed by atoms with Crippen molar-refractivity contribution >= 4 is 16.8 Å². The van der Waals surface area contributed by atoms with E-state index in [1.807, 2.05) is 58.4 Å². The van der Waals surface area contributed by atoms with Crippen molar-refractivity contribution in [2.75, 3.05) is 13.7 Å². The number of fused-ring (bicyclic) bond motifs is 1. The molecular formula is C27H28N4O2.